The van der Waals surface area contributed by atoms with Crippen LogP contribution in [0.1, 0.15) is 24.0 Å². The standard InChI is InChI=1S/C17H19NO2/c1-13(15-7-3-2-4-8-15)12-18-17(20)11-14-6-5-9-16(19)10-14/h2-10,13,19H,11-12H2,1H3,(H,18,20). The second-order valence-electron chi connectivity index (χ2n) is 4.96. The van der Waals surface area contributed by atoms with E-state index < -0.39 is 0 Å². The van der Waals surface area contributed by atoms with Crippen molar-refractivity contribution in [3.05, 3.63) is 65.7 Å². The van der Waals surface area contributed by atoms with E-state index in [9.17, 15) is 9.90 Å². The molecule has 1 amide bonds. The van der Waals surface area contributed by atoms with Crippen LogP contribution in [0.3, 0.4) is 0 Å². The topological polar surface area (TPSA) is 49.3 Å². The number of nitrogens with one attached hydrogen (secondary N) is 1. The lowest BCUT2D eigenvalue weighted by Crippen LogP contribution is -2.28. The van der Waals surface area contributed by atoms with Crippen molar-refractivity contribution in [2.24, 2.45) is 0 Å². The van der Waals surface area contributed by atoms with Gasteiger partial charge in [0, 0.05) is 6.54 Å². The van der Waals surface area contributed by atoms with E-state index in [1.165, 1.54) is 5.56 Å². The van der Waals surface area contributed by atoms with Crippen LogP contribution in [-0.4, -0.2) is 17.6 Å². The molecule has 2 aromatic carbocycles. The first-order chi connectivity index (χ1) is 9.65. The van der Waals surface area contributed by atoms with Crippen LogP contribution in [0.5, 0.6) is 5.75 Å². The maximum absolute atomic E-state index is 11.9. The van der Waals surface area contributed by atoms with Gasteiger partial charge in [-0.15, -0.1) is 0 Å². The third-order valence-corrected chi connectivity index (χ3v) is 3.25. The number of hydrogen-bond donors (Lipinski definition) is 2. The summed E-state index contributed by atoms with van der Waals surface area (Å²) in [4.78, 5) is 11.9. The number of aromatic hydroxyl groups is 1. The number of carbonyl (C=O) groups excluding carboxylic acids is 1. The molecular formula is C17H19NO2. The minimum absolute atomic E-state index is 0.0293. The fraction of sp³-hybridized carbons (Fsp3) is 0.235. The van der Waals surface area contributed by atoms with Gasteiger partial charge in [-0.1, -0.05) is 49.4 Å². The Morgan fingerprint density at radius 3 is 2.60 bits per heavy atom. The largest absolute Gasteiger partial charge is 0.508 e. The lowest BCUT2D eigenvalue weighted by molar-refractivity contribution is -0.120. The van der Waals surface area contributed by atoms with Crippen molar-refractivity contribution in [1.82, 2.24) is 5.32 Å². The quantitative estimate of drug-likeness (QED) is 0.877. The van der Waals surface area contributed by atoms with E-state index in [0.717, 1.165) is 5.56 Å². The number of phenols is 1. The Bertz CT molecular complexity index is 566. The molecular weight excluding hydrogens is 250 g/mol. The summed E-state index contributed by atoms with van der Waals surface area (Å²) in [6.07, 6.45) is 0.288. The number of rotatable bonds is 5. The highest BCUT2D eigenvalue weighted by Gasteiger charge is 2.08. The lowest BCUT2D eigenvalue weighted by Gasteiger charge is -2.13. The molecule has 0 aliphatic carbocycles. The molecule has 104 valence electrons. The van der Waals surface area contributed by atoms with Gasteiger partial charge in [-0.25, -0.2) is 0 Å². The van der Waals surface area contributed by atoms with Gasteiger partial charge in [-0.05, 0) is 29.2 Å². The number of carbonyl (C=O) groups is 1. The molecule has 0 fully saturated rings. The molecule has 0 bridgehead atoms. The van der Waals surface area contributed by atoms with Crippen LogP contribution in [0.25, 0.3) is 0 Å². The molecule has 2 aromatic rings. The second kappa shape index (κ2) is 6.75. The summed E-state index contributed by atoms with van der Waals surface area (Å²) in [7, 11) is 0. The Morgan fingerprint density at radius 1 is 1.15 bits per heavy atom. The summed E-state index contributed by atoms with van der Waals surface area (Å²) < 4.78 is 0. The van der Waals surface area contributed by atoms with Crippen molar-refractivity contribution in [3.63, 3.8) is 0 Å². The first-order valence-electron chi connectivity index (χ1n) is 6.74. The van der Waals surface area contributed by atoms with E-state index in [1.807, 2.05) is 24.3 Å². The predicted octanol–water partition coefficient (Wildman–Crippen LogP) is 2.85. The summed E-state index contributed by atoms with van der Waals surface area (Å²) in [5.74, 6) is 0.440. The van der Waals surface area contributed by atoms with Gasteiger partial charge in [0.05, 0.1) is 6.42 Å². The van der Waals surface area contributed by atoms with Gasteiger partial charge in [-0.3, -0.25) is 4.79 Å². The zero-order chi connectivity index (χ0) is 14.4. The molecule has 0 heterocycles. The summed E-state index contributed by atoms with van der Waals surface area (Å²) >= 11 is 0. The molecule has 0 aromatic heterocycles. The molecule has 1 unspecified atom stereocenters. The molecule has 0 saturated heterocycles. The van der Waals surface area contributed by atoms with Crippen molar-refractivity contribution >= 4 is 5.91 Å². The maximum Gasteiger partial charge on any atom is 0.224 e. The smallest absolute Gasteiger partial charge is 0.224 e. The van der Waals surface area contributed by atoms with Crippen molar-refractivity contribution in [2.45, 2.75) is 19.3 Å². The van der Waals surface area contributed by atoms with E-state index in [-0.39, 0.29) is 24.0 Å². The van der Waals surface area contributed by atoms with Gasteiger partial charge < -0.3 is 10.4 Å². The molecule has 2 rings (SSSR count). The van der Waals surface area contributed by atoms with Crippen LogP contribution in [0, 0.1) is 0 Å². The molecule has 3 heteroatoms. The van der Waals surface area contributed by atoms with Gasteiger partial charge in [0.25, 0.3) is 0 Å². The van der Waals surface area contributed by atoms with Crippen LogP contribution in [0.15, 0.2) is 54.6 Å². The van der Waals surface area contributed by atoms with Gasteiger partial charge in [0.2, 0.25) is 5.91 Å². The highest BCUT2D eigenvalue weighted by Crippen LogP contribution is 2.14. The molecule has 3 nitrogen and oxygen atoms in total. The molecule has 0 spiro atoms. The van der Waals surface area contributed by atoms with Crippen molar-refractivity contribution in [3.8, 4) is 5.75 Å². The molecule has 0 aliphatic heterocycles. The van der Waals surface area contributed by atoms with Gasteiger partial charge in [0.1, 0.15) is 5.75 Å². The summed E-state index contributed by atoms with van der Waals surface area (Å²) in [5.41, 5.74) is 2.03. The fourth-order valence-electron chi connectivity index (χ4n) is 2.08. The Morgan fingerprint density at radius 2 is 1.90 bits per heavy atom. The zero-order valence-electron chi connectivity index (χ0n) is 11.5. The van der Waals surface area contributed by atoms with Crippen LogP contribution < -0.4 is 5.32 Å². The Labute approximate surface area is 119 Å². The van der Waals surface area contributed by atoms with E-state index in [2.05, 4.69) is 24.4 Å². The molecule has 20 heavy (non-hydrogen) atoms. The lowest BCUT2D eigenvalue weighted by atomic mass is 10.0. The van der Waals surface area contributed by atoms with E-state index in [1.54, 1.807) is 18.2 Å². The number of benzene rings is 2. The van der Waals surface area contributed by atoms with E-state index in [0.29, 0.717) is 6.54 Å². The summed E-state index contributed by atoms with van der Waals surface area (Å²) in [6, 6.07) is 16.9. The van der Waals surface area contributed by atoms with Crippen LogP contribution in [0.4, 0.5) is 0 Å². The third kappa shape index (κ3) is 4.12. The summed E-state index contributed by atoms with van der Waals surface area (Å²) in [6.45, 7) is 2.70. The average Bonchev–Trinajstić information content (AvgIpc) is 2.46. The number of amides is 1. The van der Waals surface area contributed by atoms with Crippen LogP contribution >= 0.6 is 0 Å². The Balaban J connectivity index is 1.83. The zero-order valence-corrected chi connectivity index (χ0v) is 11.5. The Kier molecular flexibility index (Phi) is 4.77. The van der Waals surface area contributed by atoms with Gasteiger partial charge in [0.15, 0.2) is 0 Å². The summed E-state index contributed by atoms with van der Waals surface area (Å²) in [5, 5.41) is 12.3. The average molecular weight is 269 g/mol. The van der Waals surface area contributed by atoms with Crippen molar-refractivity contribution in [1.29, 1.82) is 0 Å². The van der Waals surface area contributed by atoms with E-state index in [4.69, 9.17) is 0 Å². The Hall–Kier alpha value is -2.29. The molecule has 2 N–H and O–H groups in total. The predicted molar refractivity (Wildman–Crippen MR) is 79.7 cm³/mol. The molecule has 0 aliphatic rings. The fourth-order valence-corrected chi connectivity index (χ4v) is 2.08. The number of phenolic OH excluding ortho intramolecular Hbond substituents is 1. The highest BCUT2D eigenvalue weighted by molar-refractivity contribution is 5.78. The number of hydrogen-bond acceptors (Lipinski definition) is 2. The van der Waals surface area contributed by atoms with Crippen molar-refractivity contribution < 1.29 is 9.90 Å². The van der Waals surface area contributed by atoms with E-state index >= 15 is 0 Å². The molecule has 0 radical (unpaired) electrons. The highest BCUT2D eigenvalue weighted by atomic mass is 16.3. The first-order valence-corrected chi connectivity index (χ1v) is 6.74. The normalized spacial score (nSPS) is 11.8. The van der Waals surface area contributed by atoms with Gasteiger partial charge in [-0.2, -0.15) is 0 Å². The minimum atomic E-state index is -0.0293. The molecule has 1 atom stereocenters. The first kappa shape index (κ1) is 14.1. The van der Waals surface area contributed by atoms with Crippen molar-refractivity contribution in [2.75, 3.05) is 6.54 Å². The van der Waals surface area contributed by atoms with Crippen LogP contribution in [-0.2, 0) is 11.2 Å². The molecule has 0 saturated carbocycles. The maximum atomic E-state index is 11.9. The minimum Gasteiger partial charge on any atom is -0.508 e. The SMILES string of the molecule is CC(CNC(=O)Cc1cccc(O)c1)c1ccccc1. The second-order valence-corrected chi connectivity index (χ2v) is 4.96. The van der Waals surface area contributed by atoms with Crippen LogP contribution in [0.2, 0.25) is 0 Å². The van der Waals surface area contributed by atoms with Gasteiger partial charge >= 0.3 is 0 Å². The third-order valence-electron chi connectivity index (χ3n) is 3.25. The monoisotopic (exact) mass is 269 g/mol.